The second kappa shape index (κ2) is 7.55. The second-order valence-electron chi connectivity index (χ2n) is 5.62. The van der Waals surface area contributed by atoms with Crippen molar-refractivity contribution in [2.75, 3.05) is 24.3 Å². The SMILES string of the molecule is COc1ccc(CSCC(=O)N2CCCc3ccccc32)cc1. The van der Waals surface area contributed by atoms with Crippen LogP contribution in [0.4, 0.5) is 5.69 Å². The number of methoxy groups -OCH3 is 1. The maximum atomic E-state index is 12.5. The van der Waals surface area contributed by atoms with Gasteiger partial charge in [0.05, 0.1) is 12.9 Å². The lowest BCUT2D eigenvalue weighted by atomic mass is 10.0. The number of thioether (sulfide) groups is 1. The van der Waals surface area contributed by atoms with Crippen molar-refractivity contribution in [2.45, 2.75) is 18.6 Å². The molecule has 2 aromatic rings. The molecule has 1 heterocycles. The highest BCUT2D eigenvalue weighted by Gasteiger charge is 2.21. The number of anilines is 1. The van der Waals surface area contributed by atoms with Crippen LogP contribution >= 0.6 is 11.8 Å². The van der Waals surface area contributed by atoms with Gasteiger partial charge in [-0.15, -0.1) is 11.8 Å². The van der Waals surface area contributed by atoms with E-state index in [0.717, 1.165) is 36.6 Å². The molecule has 1 aliphatic heterocycles. The lowest BCUT2D eigenvalue weighted by molar-refractivity contribution is -0.116. The number of rotatable bonds is 5. The summed E-state index contributed by atoms with van der Waals surface area (Å²) in [6, 6.07) is 16.2. The van der Waals surface area contributed by atoms with Gasteiger partial charge in [-0.05, 0) is 42.2 Å². The molecular weight excluding hydrogens is 306 g/mol. The molecule has 23 heavy (non-hydrogen) atoms. The third kappa shape index (κ3) is 3.88. The number of hydrogen-bond acceptors (Lipinski definition) is 3. The Hall–Kier alpha value is -1.94. The normalized spacial score (nSPS) is 13.5. The molecule has 3 nitrogen and oxygen atoms in total. The molecule has 0 unspecified atom stereocenters. The van der Waals surface area contributed by atoms with Crippen LogP contribution in [0, 0.1) is 0 Å². The van der Waals surface area contributed by atoms with Crippen LogP contribution in [0.3, 0.4) is 0 Å². The average molecular weight is 327 g/mol. The van der Waals surface area contributed by atoms with Crippen molar-refractivity contribution in [3.8, 4) is 5.75 Å². The maximum Gasteiger partial charge on any atom is 0.236 e. The van der Waals surface area contributed by atoms with Gasteiger partial charge in [0.1, 0.15) is 5.75 Å². The van der Waals surface area contributed by atoms with E-state index in [1.807, 2.05) is 41.3 Å². The summed E-state index contributed by atoms with van der Waals surface area (Å²) in [5, 5.41) is 0. The first-order valence-electron chi connectivity index (χ1n) is 7.87. The summed E-state index contributed by atoms with van der Waals surface area (Å²) in [7, 11) is 1.67. The van der Waals surface area contributed by atoms with Crippen molar-refractivity contribution < 1.29 is 9.53 Å². The fraction of sp³-hybridized carbons (Fsp3) is 0.316. The number of carbonyl (C=O) groups excluding carboxylic acids is 1. The molecule has 2 aromatic carbocycles. The van der Waals surface area contributed by atoms with E-state index in [9.17, 15) is 4.79 Å². The molecule has 0 saturated carbocycles. The minimum Gasteiger partial charge on any atom is -0.497 e. The smallest absolute Gasteiger partial charge is 0.236 e. The third-order valence-electron chi connectivity index (χ3n) is 4.06. The number of aryl methyl sites for hydroxylation is 1. The molecule has 0 atom stereocenters. The molecule has 1 amide bonds. The Morgan fingerprint density at radius 2 is 1.96 bits per heavy atom. The molecule has 0 bridgehead atoms. The van der Waals surface area contributed by atoms with Crippen LogP contribution in [-0.2, 0) is 17.0 Å². The van der Waals surface area contributed by atoms with Gasteiger partial charge in [-0.3, -0.25) is 4.79 Å². The summed E-state index contributed by atoms with van der Waals surface area (Å²) in [5.74, 6) is 2.42. The molecular formula is C19H21NO2S. The summed E-state index contributed by atoms with van der Waals surface area (Å²) in [4.78, 5) is 14.5. The molecule has 4 heteroatoms. The van der Waals surface area contributed by atoms with Crippen molar-refractivity contribution in [2.24, 2.45) is 0 Å². The van der Waals surface area contributed by atoms with Crippen molar-refractivity contribution in [3.05, 3.63) is 59.7 Å². The summed E-state index contributed by atoms with van der Waals surface area (Å²) >= 11 is 1.66. The Balaban J connectivity index is 1.55. The zero-order chi connectivity index (χ0) is 16.1. The fourth-order valence-electron chi connectivity index (χ4n) is 2.85. The molecule has 1 aliphatic rings. The lowest BCUT2D eigenvalue weighted by Gasteiger charge is -2.29. The number of para-hydroxylation sites is 1. The van der Waals surface area contributed by atoms with Crippen LogP contribution in [-0.4, -0.2) is 25.3 Å². The van der Waals surface area contributed by atoms with E-state index < -0.39 is 0 Å². The average Bonchev–Trinajstić information content (AvgIpc) is 2.61. The van der Waals surface area contributed by atoms with Crippen LogP contribution in [0.1, 0.15) is 17.5 Å². The van der Waals surface area contributed by atoms with Crippen molar-refractivity contribution in [3.63, 3.8) is 0 Å². The number of nitrogens with zero attached hydrogens (tertiary/aromatic N) is 1. The molecule has 0 saturated heterocycles. The zero-order valence-corrected chi connectivity index (χ0v) is 14.1. The van der Waals surface area contributed by atoms with E-state index in [4.69, 9.17) is 4.74 Å². The highest BCUT2D eigenvalue weighted by molar-refractivity contribution is 7.99. The van der Waals surface area contributed by atoms with Crippen LogP contribution in [0.5, 0.6) is 5.75 Å². The van der Waals surface area contributed by atoms with Gasteiger partial charge in [-0.25, -0.2) is 0 Å². The topological polar surface area (TPSA) is 29.5 Å². The Labute approximate surface area is 141 Å². The van der Waals surface area contributed by atoms with Crippen LogP contribution < -0.4 is 9.64 Å². The predicted molar refractivity (Wildman–Crippen MR) is 96.3 cm³/mol. The predicted octanol–water partition coefficient (Wildman–Crippen LogP) is 3.91. The molecule has 0 aromatic heterocycles. The zero-order valence-electron chi connectivity index (χ0n) is 13.3. The van der Waals surface area contributed by atoms with E-state index in [2.05, 4.69) is 12.1 Å². The summed E-state index contributed by atoms with van der Waals surface area (Å²) in [5.41, 5.74) is 3.59. The largest absolute Gasteiger partial charge is 0.497 e. The van der Waals surface area contributed by atoms with Gasteiger partial charge in [0.25, 0.3) is 0 Å². The second-order valence-corrected chi connectivity index (χ2v) is 6.60. The summed E-state index contributed by atoms with van der Waals surface area (Å²) in [6.07, 6.45) is 2.12. The van der Waals surface area contributed by atoms with Gasteiger partial charge >= 0.3 is 0 Å². The molecule has 0 aliphatic carbocycles. The Morgan fingerprint density at radius 1 is 1.17 bits per heavy atom. The Kier molecular flexibility index (Phi) is 5.23. The maximum absolute atomic E-state index is 12.5. The minimum absolute atomic E-state index is 0.204. The van der Waals surface area contributed by atoms with E-state index in [1.165, 1.54) is 11.1 Å². The van der Waals surface area contributed by atoms with Gasteiger partial charge < -0.3 is 9.64 Å². The van der Waals surface area contributed by atoms with Gasteiger partial charge in [0.2, 0.25) is 5.91 Å². The van der Waals surface area contributed by atoms with E-state index in [-0.39, 0.29) is 5.91 Å². The first-order chi connectivity index (χ1) is 11.3. The number of ether oxygens (including phenoxy) is 1. The minimum atomic E-state index is 0.204. The molecule has 120 valence electrons. The highest BCUT2D eigenvalue weighted by Crippen LogP contribution is 2.27. The first kappa shape index (κ1) is 15.9. The number of hydrogen-bond donors (Lipinski definition) is 0. The van der Waals surface area contributed by atoms with Crippen LogP contribution in [0.2, 0.25) is 0 Å². The molecule has 3 rings (SSSR count). The summed E-state index contributed by atoms with van der Waals surface area (Å²) < 4.78 is 5.16. The van der Waals surface area contributed by atoms with Gasteiger partial charge in [0.15, 0.2) is 0 Å². The van der Waals surface area contributed by atoms with Crippen molar-refractivity contribution in [1.82, 2.24) is 0 Å². The fourth-order valence-corrected chi connectivity index (χ4v) is 3.71. The Morgan fingerprint density at radius 3 is 2.74 bits per heavy atom. The highest BCUT2D eigenvalue weighted by atomic mass is 32.2. The number of amides is 1. The van der Waals surface area contributed by atoms with E-state index in [0.29, 0.717) is 5.75 Å². The van der Waals surface area contributed by atoms with Crippen LogP contribution in [0.25, 0.3) is 0 Å². The quantitative estimate of drug-likeness (QED) is 0.834. The Bertz CT molecular complexity index is 669. The van der Waals surface area contributed by atoms with Gasteiger partial charge in [0, 0.05) is 18.0 Å². The molecule has 0 radical (unpaired) electrons. The molecule has 0 spiro atoms. The van der Waals surface area contributed by atoms with E-state index in [1.54, 1.807) is 18.9 Å². The molecule has 0 fully saturated rings. The monoisotopic (exact) mass is 327 g/mol. The standard InChI is InChI=1S/C19H21NO2S/c1-22-17-10-8-15(9-11-17)13-23-14-19(21)20-12-4-6-16-5-2-3-7-18(16)20/h2-3,5,7-11H,4,6,12-14H2,1H3. The van der Waals surface area contributed by atoms with E-state index >= 15 is 0 Å². The van der Waals surface area contributed by atoms with Crippen molar-refractivity contribution in [1.29, 1.82) is 0 Å². The summed E-state index contributed by atoms with van der Waals surface area (Å²) in [6.45, 7) is 0.832. The van der Waals surface area contributed by atoms with Crippen LogP contribution in [0.15, 0.2) is 48.5 Å². The third-order valence-corrected chi connectivity index (χ3v) is 5.05. The number of carbonyl (C=O) groups is 1. The van der Waals surface area contributed by atoms with Crippen molar-refractivity contribution >= 4 is 23.4 Å². The lowest BCUT2D eigenvalue weighted by Crippen LogP contribution is -2.36. The number of benzene rings is 2. The van der Waals surface area contributed by atoms with Gasteiger partial charge in [-0.2, -0.15) is 0 Å². The first-order valence-corrected chi connectivity index (χ1v) is 9.02. The molecule has 0 N–H and O–H groups in total. The number of fused-ring (bicyclic) bond motifs is 1. The van der Waals surface area contributed by atoms with Gasteiger partial charge in [-0.1, -0.05) is 30.3 Å².